The molecule has 1 unspecified atom stereocenters. The smallest absolute Gasteiger partial charge is 0.0636 e. The van der Waals surface area contributed by atoms with Gasteiger partial charge in [-0.3, -0.25) is 10.2 Å². The highest BCUT2D eigenvalue weighted by molar-refractivity contribution is 5.66. The fourth-order valence-corrected chi connectivity index (χ4v) is 1.94. The molecule has 2 heteroatoms. The van der Waals surface area contributed by atoms with Crippen LogP contribution in [-0.4, -0.2) is 31.7 Å². The Morgan fingerprint density at radius 2 is 1.93 bits per heavy atom. The van der Waals surface area contributed by atoms with Gasteiger partial charge < -0.3 is 0 Å². The molecule has 1 aromatic rings. The standard InChI is InChI=1S/C13H18N2/c1-15(2)13-10-12(8-9-14-13)11-6-4-3-5-7-11/h3-8,13-14H,9-10H2,1-2H3. The molecule has 0 spiro atoms. The molecule has 0 aliphatic carbocycles. The van der Waals surface area contributed by atoms with Gasteiger partial charge in [-0.15, -0.1) is 0 Å². The summed E-state index contributed by atoms with van der Waals surface area (Å²) in [5, 5.41) is 3.47. The van der Waals surface area contributed by atoms with Crippen molar-refractivity contribution in [2.24, 2.45) is 0 Å². The van der Waals surface area contributed by atoms with E-state index in [1.807, 2.05) is 0 Å². The number of nitrogens with one attached hydrogen (secondary N) is 1. The van der Waals surface area contributed by atoms with Crippen molar-refractivity contribution in [1.29, 1.82) is 0 Å². The van der Waals surface area contributed by atoms with Gasteiger partial charge in [-0.2, -0.15) is 0 Å². The average molecular weight is 202 g/mol. The second-order valence-corrected chi connectivity index (χ2v) is 4.19. The molecular weight excluding hydrogens is 184 g/mol. The van der Waals surface area contributed by atoms with Crippen LogP contribution >= 0.6 is 0 Å². The van der Waals surface area contributed by atoms with Gasteiger partial charge in [0.1, 0.15) is 0 Å². The first-order valence-corrected chi connectivity index (χ1v) is 5.41. The van der Waals surface area contributed by atoms with Crippen molar-refractivity contribution in [3.63, 3.8) is 0 Å². The molecule has 1 heterocycles. The van der Waals surface area contributed by atoms with Crippen LogP contribution in [0.2, 0.25) is 0 Å². The van der Waals surface area contributed by atoms with E-state index in [1.165, 1.54) is 11.1 Å². The molecule has 15 heavy (non-hydrogen) atoms. The second-order valence-electron chi connectivity index (χ2n) is 4.19. The molecule has 1 aromatic carbocycles. The van der Waals surface area contributed by atoms with E-state index in [4.69, 9.17) is 0 Å². The number of nitrogens with zero attached hydrogens (tertiary/aromatic N) is 1. The Kier molecular flexibility index (Phi) is 3.19. The van der Waals surface area contributed by atoms with Crippen molar-refractivity contribution in [1.82, 2.24) is 10.2 Å². The van der Waals surface area contributed by atoms with Crippen molar-refractivity contribution in [2.75, 3.05) is 20.6 Å². The lowest BCUT2D eigenvalue weighted by molar-refractivity contribution is 0.252. The summed E-state index contributed by atoms with van der Waals surface area (Å²) in [6.45, 7) is 0.965. The molecule has 80 valence electrons. The van der Waals surface area contributed by atoms with Crippen molar-refractivity contribution in [3.8, 4) is 0 Å². The Balaban J connectivity index is 2.14. The van der Waals surface area contributed by atoms with Crippen LogP contribution in [0.3, 0.4) is 0 Å². The van der Waals surface area contributed by atoms with E-state index in [0.717, 1.165) is 13.0 Å². The van der Waals surface area contributed by atoms with E-state index in [9.17, 15) is 0 Å². The van der Waals surface area contributed by atoms with Gasteiger partial charge in [0.05, 0.1) is 6.17 Å². The fourth-order valence-electron chi connectivity index (χ4n) is 1.94. The fraction of sp³-hybridized carbons (Fsp3) is 0.385. The lowest BCUT2D eigenvalue weighted by Gasteiger charge is -2.29. The quantitative estimate of drug-likeness (QED) is 0.788. The summed E-state index contributed by atoms with van der Waals surface area (Å²) in [7, 11) is 4.23. The predicted molar refractivity (Wildman–Crippen MR) is 64.5 cm³/mol. The maximum absolute atomic E-state index is 3.47. The molecule has 2 nitrogen and oxygen atoms in total. The zero-order valence-electron chi connectivity index (χ0n) is 9.40. The summed E-state index contributed by atoms with van der Waals surface area (Å²) >= 11 is 0. The molecule has 1 atom stereocenters. The van der Waals surface area contributed by atoms with E-state index >= 15 is 0 Å². The van der Waals surface area contributed by atoms with Crippen LogP contribution in [0.15, 0.2) is 36.4 Å². The van der Waals surface area contributed by atoms with E-state index < -0.39 is 0 Å². The number of hydrogen-bond acceptors (Lipinski definition) is 2. The molecule has 0 radical (unpaired) electrons. The molecule has 1 aliphatic heterocycles. The molecule has 0 fully saturated rings. The van der Waals surface area contributed by atoms with Crippen LogP contribution in [-0.2, 0) is 0 Å². The normalized spacial score (nSPS) is 21.5. The van der Waals surface area contributed by atoms with Gasteiger partial charge in [0.15, 0.2) is 0 Å². The highest BCUT2D eigenvalue weighted by Gasteiger charge is 2.16. The van der Waals surface area contributed by atoms with Gasteiger partial charge in [-0.1, -0.05) is 36.4 Å². The SMILES string of the molecule is CN(C)C1CC(c2ccccc2)=CCN1. The summed E-state index contributed by atoms with van der Waals surface area (Å²) in [4.78, 5) is 2.23. The summed E-state index contributed by atoms with van der Waals surface area (Å²) in [5.41, 5.74) is 2.80. The van der Waals surface area contributed by atoms with Crippen molar-refractivity contribution >= 4 is 5.57 Å². The molecule has 0 amide bonds. The third-order valence-electron chi connectivity index (χ3n) is 2.88. The third kappa shape index (κ3) is 2.46. The van der Waals surface area contributed by atoms with Gasteiger partial charge in [0.2, 0.25) is 0 Å². The Morgan fingerprint density at radius 3 is 2.60 bits per heavy atom. The number of rotatable bonds is 2. The number of hydrogen-bond donors (Lipinski definition) is 1. The monoisotopic (exact) mass is 202 g/mol. The van der Waals surface area contributed by atoms with Crippen molar-refractivity contribution < 1.29 is 0 Å². The molecule has 0 saturated heterocycles. The maximum Gasteiger partial charge on any atom is 0.0636 e. The lowest BCUT2D eigenvalue weighted by atomic mass is 9.98. The Morgan fingerprint density at radius 1 is 1.20 bits per heavy atom. The van der Waals surface area contributed by atoms with Crippen LogP contribution in [0.4, 0.5) is 0 Å². The molecule has 0 saturated carbocycles. The molecule has 1 aliphatic rings. The molecule has 2 rings (SSSR count). The van der Waals surface area contributed by atoms with E-state index in [-0.39, 0.29) is 0 Å². The second kappa shape index (κ2) is 4.60. The third-order valence-corrected chi connectivity index (χ3v) is 2.88. The predicted octanol–water partition coefficient (Wildman–Crippen LogP) is 1.95. The Labute approximate surface area is 91.6 Å². The highest BCUT2D eigenvalue weighted by Crippen LogP contribution is 2.22. The van der Waals surface area contributed by atoms with Crippen LogP contribution < -0.4 is 5.32 Å². The zero-order chi connectivity index (χ0) is 10.7. The summed E-state index contributed by atoms with van der Waals surface area (Å²) in [6, 6.07) is 10.6. The zero-order valence-corrected chi connectivity index (χ0v) is 9.40. The molecule has 1 N–H and O–H groups in total. The van der Waals surface area contributed by atoms with Crippen LogP contribution in [0.25, 0.3) is 5.57 Å². The van der Waals surface area contributed by atoms with Crippen LogP contribution in [0.5, 0.6) is 0 Å². The summed E-state index contributed by atoms with van der Waals surface area (Å²) < 4.78 is 0. The van der Waals surface area contributed by atoms with Crippen molar-refractivity contribution in [3.05, 3.63) is 42.0 Å². The van der Waals surface area contributed by atoms with Crippen LogP contribution in [0.1, 0.15) is 12.0 Å². The maximum atomic E-state index is 3.47. The topological polar surface area (TPSA) is 15.3 Å². The minimum atomic E-state index is 0.463. The molecule has 0 aromatic heterocycles. The molecule has 0 bridgehead atoms. The van der Waals surface area contributed by atoms with Gasteiger partial charge in [-0.25, -0.2) is 0 Å². The van der Waals surface area contributed by atoms with E-state index in [2.05, 4.69) is 60.7 Å². The largest absolute Gasteiger partial charge is 0.298 e. The van der Waals surface area contributed by atoms with E-state index in [0.29, 0.717) is 6.17 Å². The first kappa shape index (κ1) is 10.4. The number of benzene rings is 1. The average Bonchev–Trinajstić information content (AvgIpc) is 2.30. The first-order valence-electron chi connectivity index (χ1n) is 5.41. The molecular formula is C13H18N2. The van der Waals surface area contributed by atoms with Gasteiger partial charge in [0, 0.05) is 13.0 Å². The highest BCUT2D eigenvalue weighted by atomic mass is 15.2. The lowest BCUT2D eigenvalue weighted by Crippen LogP contribution is -2.43. The minimum Gasteiger partial charge on any atom is -0.298 e. The summed E-state index contributed by atoms with van der Waals surface area (Å²) in [6.07, 6.45) is 3.83. The first-order chi connectivity index (χ1) is 7.27. The Hall–Kier alpha value is -1.12. The minimum absolute atomic E-state index is 0.463. The van der Waals surface area contributed by atoms with Crippen molar-refractivity contribution in [2.45, 2.75) is 12.6 Å². The Bertz CT molecular complexity index is 341. The van der Waals surface area contributed by atoms with E-state index in [1.54, 1.807) is 0 Å². The van der Waals surface area contributed by atoms with Gasteiger partial charge in [0.25, 0.3) is 0 Å². The summed E-state index contributed by atoms with van der Waals surface area (Å²) in [5.74, 6) is 0. The van der Waals surface area contributed by atoms with Gasteiger partial charge >= 0.3 is 0 Å². The van der Waals surface area contributed by atoms with Gasteiger partial charge in [-0.05, 0) is 25.2 Å². The van der Waals surface area contributed by atoms with Crippen LogP contribution in [0, 0.1) is 0 Å².